The predicted octanol–water partition coefficient (Wildman–Crippen LogP) is 3.20. The number of thioether (sulfide) groups is 1. The van der Waals surface area contributed by atoms with E-state index in [4.69, 9.17) is 21.1 Å². The lowest BCUT2D eigenvalue weighted by molar-refractivity contribution is 0.0188. The normalized spacial score (nSPS) is 16.9. The van der Waals surface area contributed by atoms with Gasteiger partial charge in [0.25, 0.3) is 5.56 Å². The summed E-state index contributed by atoms with van der Waals surface area (Å²) in [5.41, 5.74) is -1.28. The smallest absolute Gasteiger partial charge is 0.410 e. The largest absolute Gasteiger partial charge is 0.477 e. The van der Waals surface area contributed by atoms with Crippen LogP contribution in [0.5, 0.6) is 5.88 Å². The zero-order valence-corrected chi connectivity index (χ0v) is 20.0. The van der Waals surface area contributed by atoms with Gasteiger partial charge in [0, 0.05) is 25.7 Å². The van der Waals surface area contributed by atoms with Crippen molar-refractivity contribution in [3.05, 3.63) is 21.3 Å². The summed E-state index contributed by atoms with van der Waals surface area (Å²) in [4.78, 5) is 37.2. The molecule has 0 saturated carbocycles. The first-order valence-corrected chi connectivity index (χ1v) is 11.7. The van der Waals surface area contributed by atoms with E-state index in [9.17, 15) is 14.0 Å². The van der Waals surface area contributed by atoms with Crippen molar-refractivity contribution in [3.63, 3.8) is 0 Å². The number of H-pyrrole nitrogens is 1. The van der Waals surface area contributed by atoms with Crippen LogP contribution in [0, 0.1) is 5.82 Å². The number of piperazine rings is 1. The van der Waals surface area contributed by atoms with Crippen molar-refractivity contribution < 1.29 is 18.7 Å². The van der Waals surface area contributed by atoms with E-state index in [-0.39, 0.29) is 35.5 Å². The molecule has 2 aromatic heterocycles. The number of nitrogens with zero attached hydrogens (tertiary/aromatic N) is 3. The molecular formula is C20H27ClFN5O4S. The van der Waals surface area contributed by atoms with Crippen molar-refractivity contribution in [2.75, 3.05) is 32.0 Å². The number of pyridine rings is 1. The maximum atomic E-state index is 14.5. The van der Waals surface area contributed by atoms with Crippen molar-refractivity contribution in [1.29, 1.82) is 0 Å². The molecule has 1 aliphatic heterocycles. The van der Waals surface area contributed by atoms with Gasteiger partial charge in [-0.05, 0) is 32.9 Å². The Hall–Kier alpha value is -2.11. The second kappa shape index (κ2) is 10.2. The molecule has 1 amide bonds. The first kappa shape index (κ1) is 24.5. The molecule has 1 fully saturated rings. The summed E-state index contributed by atoms with van der Waals surface area (Å²) in [7, 11) is 0. The quantitative estimate of drug-likeness (QED) is 0.363. The van der Waals surface area contributed by atoms with Crippen LogP contribution in [0.3, 0.4) is 0 Å². The molecule has 0 unspecified atom stereocenters. The van der Waals surface area contributed by atoms with Gasteiger partial charge in [0.2, 0.25) is 5.88 Å². The van der Waals surface area contributed by atoms with Crippen LogP contribution in [0.25, 0.3) is 10.9 Å². The molecule has 12 heteroatoms. The van der Waals surface area contributed by atoms with Gasteiger partial charge in [0.05, 0.1) is 6.61 Å². The maximum absolute atomic E-state index is 14.5. The second-order valence-corrected chi connectivity index (χ2v) is 9.87. The molecule has 1 atom stereocenters. The number of aromatic nitrogens is 3. The standard InChI is InChI=1S/C20H27ClFN5O4S/c1-5-32-18-24-14-12(16(28)26-18)17(25-15(21)13(14)22)30-9-6-11-10-27(8-7-23-11)19(29)31-20(2,3)4/h11,23H,5-10H2,1-4H3,(H,24,26,28)/t11-/m0/s1. The molecular weight excluding hydrogens is 461 g/mol. The minimum Gasteiger partial charge on any atom is -0.477 e. The SMILES string of the molecule is CCSc1nc2c(F)c(Cl)nc(OCC[C@H]3CN(C(=O)OC(C)(C)C)CCN3)c2c(=O)[nH]1. The van der Waals surface area contributed by atoms with Crippen LogP contribution in [0.15, 0.2) is 9.95 Å². The monoisotopic (exact) mass is 487 g/mol. The van der Waals surface area contributed by atoms with Crippen LogP contribution in [0.2, 0.25) is 5.15 Å². The van der Waals surface area contributed by atoms with Crippen LogP contribution >= 0.6 is 23.4 Å². The van der Waals surface area contributed by atoms with Crippen molar-refractivity contribution in [1.82, 2.24) is 25.2 Å². The van der Waals surface area contributed by atoms with E-state index in [2.05, 4.69) is 20.3 Å². The Morgan fingerprint density at radius 2 is 2.12 bits per heavy atom. The zero-order chi connectivity index (χ0) is 23.5. The molecule has 1 aliphatic rings. The number of amides is 1. The second-order valence-electron chi connectivity index (χ2n) is 8.26. The average molecular weight is 488 g/mol. The fraction of sp³-hybridized carbons (Fsp3) is 0.600. The fourth-order valence-corrected chi connectivity index (χ4v) is 3.98. The minimum absolute atomic E-state index is 0.0394. The van der Waals surface area contributed by atoms with Gasteiger partial charge in [-0.3, -0.25) is 4.79 Å². The third-order valence-corrected chi connectivity index (χ3v) is 5.60. The van der Waals surface area contributed by atoms with Gasteiger partial charge in [-0.2, -0.15) is 4.98 Å². The molecule has 1 saturated heterocycles. The predicted molar refractivity (Wildman–Crippen MR) is 121 cm³/mol. The molecule has 176 valence electrons. The molecule has 2 aromatic rings. The maximum Gasteiger partial charge on any atom is 0.410 e. The lowest BCUT2D eigenvalue weighted by Crippen LogP contribution is -2.53. The molecule has 0 aliphatic carbocycles. The van der Waals surface area contributed by atoms with Crippen molar-refractivity contribution in [3.8, 4) is 5.88 Å². The van der Waals surface area contributed by atoms with Gasteiger partial charge in [0.1, 0.15) is 16.5 Å². The number of fused-ring (bicyclic) bond motifs is 1. The van der Waals surface area contributed by atoms with Crippen LogP contribution in [0.1, 0.15) is 34.1 Å². The number of carbonyl (C=O) groups excluding carboxylic acids is 1. The molecule has 0 bridgehead atoms. The van der Waals surface area contributed by atoms with Gasteiger partial charge in [-0.25, -0.2) is 14.2 Å². The molecule has 3 rings (SSSR count). The summed E-state index contributed by atoms with van der Waals surface area (Å²) in [5.74, 6) is -0.277. The fourth-order valence-electron chi connectivity index (χ4n) is 3.22. The molecule has 9 nitrogen and oxygen atoms in total. The summed E-state index contributed by atoms with van der Waals surface area (Å²) in [6.45, 7) is 9.16. The first-order chi connectivity index (χ1) is 15.1. The van der Waals surface area contributed by atoms with E-state index in [1.54, 1.807) is 4.90 Å². The molecule has 2 N–H and O–H groups in total. The lowest BCUT2D eigenvalue weighted by atomic mass is 10.1. The number of carbonyl (C=O) groups is 1. The van der Waals surface area contributed by atoms with Gasteiger partial charge in [-0.15, -0.1) is 0 Å². The Morgan fingerprint density at radius 1 is 1.38 bits per heavy atom. The Kier molecular flexibility index (Phi) is 7.84. The summed E-state index contributed by atoms with van der Waals surface area (Å²) in [5, 5.41) is 3.13. The molecule has 0 spiro atoms. The van der Waals surface area contributed by atoms with Gasteiger partial charge < -0.3 is 24.7 Å². The van der Waals surface area contributed by atoms with Crippen molar-refractivity contribution in [2.45, 2.75) is 50.9 Å². The van der Waals surface area contributed by atoms with Gasteiger partial charge >= 0.3 is 6.09 Å². The third kappa shape index (κ3) is 6.02. The molecule has 0 aromatic carbocycles. The van der Waals surface area contributed by atoms with Crippen LogP contribution in [-0.4, -0.2) is 69.6 Å². The van der Waals surface area contributed by atoms with Gasteiger partial charge in [0.15, 0.2) is 16.1 Å². The number of rotatable bonds is 6. The van der Waals surface area contributed by atoms with Crippen molar-refractivity contribution in [2.24, 2.45) is 0 Å². The minimum atomic E-state index is -0.861. The number of ether oxygens (including phenoxy) is 2. The van der Waals surface area contributed by atoms with Crippen LogP contribution in [-0.2, 0) is 4.74 Å². The topological polar surface area (TPSA) is 109 Å². The highest BCUT2D eigenvalue weighted by atomic mass is 35.5. The van der Waals surface area contributed by atoms with E-state index in [0.29, 0.717) is 37.0 Å². The van der Waals surface area contributed by atoms with E-state index in [1.165, 1.54) is 11.8 Å². The number of hydrogen-bond donors (Lipinski definition) is 2. The summed E-state index contributed by atoms with van der Waals surface area (Å²) >= 11 is 7.19. The summed E-state index contributed by atoms with van der Waals surface area (Å²) in [6, 6.07) is -0.0394. The van der Waals surface area contributed by atoms with E-state index in [0.717, 1.165) is 0 Å². The Bertz CT molecular complexity index is 1050. The Balaban J connectivity index is 1.69. The third-order valence-electron chi connectivity index (χ3n) is 4.59. The summed E-state index contributed by atoms with van der Waals surface area (Å²) in [6.07, 6.45) is 0.160. The number of nitrogens with one attached hydrogen (secondary N) is 2. The molecule has 3 heterocycles. The van der Waals surface area contributed by atoms with Crippen LogP contribution in [0.4, 0.5) is 9.18 Å². The van der Waals surface area contributed by atoms with Crippen LogP contribution < -0.4 is 15.6 Å². The van der Waals surface area contributed by atoms with E-state index in [1.807, 2.05) is 27.7 Å². The molecule has 32 heavy (non-hydrogen) atoms. The first-order valence-electron chi connectivity index (χ1n) is 10.3. The number of aromatic amines is 1. The average Bonchev–Trinajstić information content (AvgIpc) is 2.70. The Labute approximate surface area is 194 Å². The highest BCUT2D eigenvalue weighted by Gasteiger charge is 2.27. The zero-order valence-electron chi connectivity index (χ0n) is 18.5. The highest BCUT2D eigenvalue weighted by Crippen LogP contribution is 2.28. The van der Waals surface area contributed by atoms with Crippen molar-refractivity contribution >= 4 is 40.4 Å². The Morgan fingerprint density at radius 3 is 2.81 bits per heavy atom. The summed E-state index contributed by atoms with van der Waals surface area (Å²) < 4.78 is 25.6. The van der Waals surface area contributed by atoms with E-state index < -0.39 is 22.1 Å². The van der Waals surface area contributed by atoms with Gasteiger partial charge in [-0.1, -0.05) is 30.3 Å². The lowest BCUT2D eigenvalue weighted by Gasteiger charge is -2.34. The number of halogens is 2. The van der Waals surface area contributed by atoms with E-state index >= 15 is 0 Å². The number of hydrogen-bond acceptors (Lipinski definition) is 8. The molecule has 0 radical (unpaired) electrons. The highest BCUT2D eigenvalue weighted by molar-refractivity contribution is 7.99.